The van der Waals surface area contributed by atoms with Crippen LogP contribution in [0.1, 0.15) is 6.92 Å². The van der Waals surface area contributed by atoms with Crippen LogP contribution in [-0.4, -0.2) is 42.6 Å². The highest BCUT2D eigenvalue weighted by atomic mass is 32.1. The van der Waals surface area contributed by atoms with E-state index in [0.29, 0.717) is 0 Å². The molecule has 0 atom stereocenters. The lowest BCUT2D eigenvalue weighted by atomic mass is 10.6. The first kappa shape index (κ1) is 8.69. The van der Waals surface area contributed by atoms with Crippen molar-refractivity contribution >= 4 is 17.3 Å². The van der Waals surface area contributed by atoms with Crippen molar-refractivity contribution in [2.24, 2.45) is 0 Å². The Kier molecular flexibility index (Phi) is 3.54. The summed E-state index contributed by atoms with van der Waals surface area (Å²) >= 11 is 5.05. The number of rotatable bonds is 1. The fourth-order valence-electron chi connectivity index (χ4n) is 0.477. The summed E-state index contributed by atoms with van der Waals surface area (Å²) in [6.07, 6.45) is 0. The molecule has 0 radical (unpaired) electrons. The van der Waals surface area contributed by atoms with Crippen LogP contribution in [0.3, 0.4) is 0 Å². The van der Waals surface area contributed by atoms with Crippen LogP contribution >= 0.6 is 12.2 Å². The number of nitrogens with zero attached hydrogens (tertiary/aromatic N) is 2. The van der Waals surface area contributed by atoms with Crippen molar-refractivity contribution in [3.05, 3.63) is 0 Å². The summed E-state index contributed by atoms with van der Waals surface area (Å²) in [7, 11) is 5.89. The van der Waals surface area contributed by atoms with Gasteiger partial charge in [0.1, 0.15) is 0 Å². The van der Waals surface area contributed by atoms with E-state index in [4.69, 9.17) is 12.2 Å². The standard InChI is InChI=1S/C6H14N2S/c1-5-8(4)6(9)7(2)3/h5H2,1-4H3. The zero-order valence-corrected chi connectivity index (χ0v) is 7.33. The van der Waals surface area contributed by atoms with Crippen molar-refractivity contribution in [3.8, 4) is 0 Å². The summed E-state index contributed by atoms with van der Waals surface area (Å²) in [5, 5.41) is 0.887. The summed E-state index contributed by atoms with van der Waals surface area (Å²) in [5.74, 6) is 0. The molecule has 0 saturated heterocycles. The van der Waals surface area contributed by atoms with Crippen LogP contribution in [0.2, 0.25) is 0 Å². The monoisotopic (exact) mass is 146 g/mol. The van der Waals surface area contributed by atoms with Crippen LogP contribution in [0.5, 0.6) is 0 Å². The Labute approximate surface area is 62.4 Å². The fourth-order valence-corrected chi connectivity index (χ4v) is 0.606. The molecule has 0 saturated carbocycles. The van der Waals surface area contributed by atoms with Crippen LogP contribution in [0.4, 0.5) is 0 Å². The van der Waals surface area contributed by atoms with Crippen LogP contribution in [0, 0.1) is 0 Å². The lowest BCUT2D eigenvalue weighted by molar-refractivity contribution is 0.457. The molecule has 0 aliphatic rings. The van der Waals surface area contributed by atoms with Gasteiger partial charge in [-0.05, 0) is 19.1 Å². The maximum atomic E-state index is 5.05. The van der Waals surface area contributed by atoms with Gasteiger partial charge in [-0.3, -0.25) is 0 Å². The lowest BCUT2D eigenvalue weighted by Crippen LogP contribution is -2.35. The Morgan fingerprint density at radius 3 is 1.89 bits per heavy atom. The maximum absolute atomic E-state index is 5.05. The largest absolute Gasteiger partial charge is 0.355 e. The average molecular weight is 146 g/mol. The molecule has 2 nitrogen and oxygen atoms in total. The minimum absolute atomic E-state index is 0.887. The Hall–Kier alpha value is -0.310. The van der Waals surface area contributed by atoms with E-state index < -0.39 is 0 Å². The van der Waals surface area contributed by atoms with Gasteiger partial charge >= 0.3 is 0 Å². The van der Waals surface area contributed by atoms with E-state index in [9.17, 15) is 0 Å². The van der Waals surface area contributed by atoms with E-state index in [2.05, 4.69) is 6.92 Å². The van der Waals surface area contributed by atoms with Crippen molar-refractivity contribution in [1.82, 2.24) is 9.80 Å². The molecule has 54 valence electrons. The van der Waals surface area contributed by atoms with Crippen molar-refractivity contribution in [2.45, 2.75) is 6.92 Å². The molecule has 3 heteroatoms. The third-order valence-corrected chi connectivity index (χ3v) is 1.86. The molecule has 0 aromatic carbocycles. The minimum atomic E-state index is 0.887. The highest BCUT2D eigenvalue weighted by molar-refractivity contribution is 7.80. The highest BCUT2D eigenvalue weighted by Crippen LogP contribution is 1.89. The molecule has 0 bridgehead atoms. The van der Waals surface area contributed by atoms with Crippen LogP contribution in [0.15, 0.2) is 0 Å². The van der Waals surface area contributed by atoms with Gasteiger partial charge in [-0.1, -0.05) is 0 Å². The number of thiocarbonyl (C=S) groups is 1. The molecular formula is C6H14N2S. The van der Waals surface area contributed by atoms with Crippen molar-refractivity contribution in [2.75, 3.05) is 27.7 Å². The van der Waals surface area contributed by atoms with Gasteiger partial charge in [-0.25, -0.2) is 0 Å². The predicted octanol–water partition coefficient (Wildman–Crippen LogP) is 0.785. The van der Waals surface area contributed by atoms with Crippen molar-refractivity contribution in [1.29, 1.82) is 0 Å². The molecule has 0 aliphatic carbocycles. The molecule has 0 spiro atoms. The van der Waals surface area contributed by atoms with Gasteiger partial charge in [-0.2, -0.15) is 0 Å². The second-order valence-electron chi connectivity index (χ2n) is 2.19. The van der Waals surface area contributed by atoms with Gasteiger partial charge in [0.15, 0.2) is 5.11 Å². The van der Waals surface area contributed by atoms with Gasteiger partial charge in [0.2, 0.25) is 0 Å². The van der Waals surface area contributed by atoms with Crippen LogP contribution < -0.4 is 0 Å². The SMILES string of the molecule is CCN(C)C(=S)N(C)C. The second kappa shape index (κ2) is 3.67. The highest BCUT2D eigenvalue weighted by Gasteiger charge is 2.00. The number of hydrogen-bond acceptors (Lipinski definition) is 1. The first-order valence-electron chi connectivity index (χ1n) is 3.02. The average Bonchev–Trinajstić information content (AvgIpc) is 1.84. The first-order valence-corrected chi connectivity index (χ1v) is 3.42. The quantitative estimate of drug-likeness (QED) is 0.505. The summed E-state index contributed by atoms with van der Waals surface area (Å²) in [6.45, 7) is 3.05. The van der Waals surface area contributed by atoms with Gasteiger partial charge < -0.3 is 9.80 Å². The van der Waals surface area contributed by atoms with Crippen LogP contribution in [0.25, 0.3) is 0 Å². The third kappa shape index (κ3) is 2.65. The van der Waals surface area contributed by atoms with E-state index >= 15 is 0 Å². The smallest absolute Gasteiger partial charge is 0.170 e. The Morgan fingerprint density at radius 2 is 1.78 bits per heavy atom. The van der Waals surface area contributed by atoms with E-state index in [1.165, 1.54) is 0 Å². The zero-order chi connectivity index (χ0) is 7.44. The molecule has 9 heavy (non-hydrogen) atoms. The molecule has 0 rings (SSSR count). The Bertz CT molecular complexity index is 101. The molecule has 0 aromatic rings. The third-order valence-electron chi connectivity index (χ3n) is 1.18. The molecule has 0 unspecified atom stereocenters. The summed E-state index contributed by atoms with van der Waals surface area (Å²) < 4.78 is 0. The molecule has 0 amide bonds. The molecule has 0 heterocycles. The zero-order valence-electron chi connectivity index (χ0n) is 6.51. The fraction of sp³-hybridized carbons (Fsp3) is 0.833. The molecule has 0 fully saturated rings. The van der Waals surface area contributed by atoms with Crippen molar-refractivity contribution < 1.29 is 0 Å². The summed E-state index contributed by atoms with van der Waals surface area (Å²) in [5.41, 5.74) is 0. The lowest BCUT2D eigenvalue weighted by Gasteiger charge is -2.23. The normalized spacial score (nSPS) is 8.89. The second-order valence-corrected chi connectivity index (χ2v) is 2.56. The Balaban J connectivity index is 3.73. The maximum Gasteiger partial charge on any atom is 0.170 e. The topological polar surface area (TPSA) is 6.48 Å². The molecule has 0 aliphatic heterocycles. The van der Waals surface area contributed by atoms with E-state index in [1.54, 1.807) is 0 Å². The van der Waals surface area contributed by atoms with E-state index in [-0.39, 0.29) is 0 Å². The van der Waals surface area contributed by atoms with Gasteiger partial charge in [0, 0.05) is 27.7 Å². The van der Waals surface area contributed by atoms with Gasteiger partial charge in [-0.15, -0.1) is 0 Å². The van der Waals surface area contributed by atoms with E-state index in [0.717, 1.165) is 11.7 Å². The van der Waals surface area contributed by atoms with E-state index in [1.807, 2.05) is 30.9 Å². The summed E-state index contributed by atoms with van der Waals surface area (Å²) in [6, 6.07) is 0. The number of hydrogen-bond donors (Lipinski definition) is 0. The van der Waals surface area contributed by atoms with Crippen LogP contribution in [-0.2, 0) is 0 Å². The van der Waals surface area contributed by atoms with Gasteiger partial charge in [0.25, 0.3) is 0 Å². The Morgan fingerprint density at radius 1 is 1.33 bits per heavy atom. The predicted molar refractivity (Wildman–Crippen MR) is 44.6 cm³/mol. The molecular weight excluding hydrogens is 132 g/mol. The summed E-state index contributed by atoms with van der Waals surface area (Å²) in [4.78, 5) is 3.95. The minimum Gasteiger partial charge on any atom is -0.355 e. The van der Waals surface area contributed by atoms with Gasteiger partial charge in [0.05, 0.1) is 0 Å². The van der Waals surface area contributed by atoms with Crippen molar-refractivity contribution in [3.63, 3.8) is 0 Å². The first-order chi connectivity index (χ1) is 4.09. The molecule has 0 aromatic heterocycles. The molecule has 0 N–H and O–H groups in total.